The average Bonchev–Trinajstić information content (AvgIpc) is 2.93. The second-order valence-corrected chi connectivity index (χ2v) is 8.08. The first kappa shape index (κ1) is 22.7. The van der Waals surface area contributed by atoms with E-state index in [0.717, 1.165) is 16.8 Å². The highest BCUT2D eigenvalue weighted by Crippen LogP contribution is 2.32. The van der Waals surface area contributed by atoms with E-state index in [-0.39, 0.29) is 30.0 Å². The maximum Gasteiger partial charge on any atom is 0.355 e. The maximum atomic E-state index is 12.5. The molecule has 0 aliphatic heterocycles. The molecule has 1 atom stereocenters. The van der Waals surface area contributed by atoms with Gasteiger partial charge >= 0.3 is 5.97 Å². The number of aliphatic hydroxyl groups is 1. The van der Waals surface area contributed by atoms with Crippen molar-refractivity contribution in [1.82, 2.24) is 4.98 Å². The van der Waals surface area contributed by atoms with Gasteiger partial charge in [0.15, 0.2) is 6.61 Å². The van der Waals surface area contributed by atoms with Gasteiger partial charge in [-0.05, 0) is 49.3 Å². The van der Waals surface area contributed by atoms with Crippen molar-refractivity contribution in [1.29, 1.82) is 0 Å². The summed E-state index contributed by atoms with van der Waals surface area (Å²) >= 11 is 0. The standard InChI is InChI=1S/C23H32N2O4/c1-12(2)17-9-8-10-18(13(3)4)22(17)25-19(27)11-29-23(28)21-14(5)20(16(7)26)15(6)24-21/h8-10,12-13,16,24,26H,11H2,1-7H3,(H,25,27)/t16-/m0/s1. The van der Waals surface area contributed by atoms with Gasteiger partial charge < -0.3 is 20.1 Å². The summed E-state index contributed by atoms with van der Waals surface area (Å²) < 4.78 is 5.23. The second kappa shape index (κ2) is 9.27. The van der Waals surface area contributed by atoms with Gasteiger partial charge in [-0.1, -0.05) is 45.9 Å². The number of ether oxygens (including phenoxy) is 1. The van der Waals surface area contributed by atoms with Gasteiger partial charge in [0.2, 0.25) is 0 Å². The number of aromatic nitrogens is 1. The minimum atomic E-state index is -0.696. The summed E-state index contributed by atoms with van der Waals surface area (Å²) in [6, 6.07) is 6.00. The Kier molecular flexibility index (Phi) is 7.25. The number of benzene rings is 1. The first-order valence-electron chi connectivity index (χ1n) is 10.0. The largest absolute Gasteiger partial charge is 0.451 e. The van der Waals surface area contributed by atoms with Crippen molar-refractivity contribution in [2.75, 3.05) is 11.9 Å². The van der Waals surface area contributed by atoms with Crippen LogP contribution in [-0.4, -0.2) is 28.6 Å². The molecule has 1 heterocycles. The number of carbonyl (C=O) groups excluding carboxylic acids is 2. The summed E-state index contributed by atoms with van der Waals surface area (Å²) in [6.45, 7) is 13.1. The fraction of sp³-hybridized carbons (Fsp3) is 0.478. The molecule has 0 aliphatic carbocycles. The molecular formula is C23H32N2O4. The zero-order valence-electron chi connectivity index (χ0n) is 18.3. The minimum Gasteiger partial charge on any atom is -0.451 e. The third kappa shape index (κ3) is 5.07. The lowest BCUT2D eigenvalue weighted by molar-refractivity contribution is -0.119. The molecule has 0 spiro atoms. The number of anilines is 1. The first-order valence-corrected chi connectivity index (χ1v) is 10.0. The van der Waals surface area contributed by atoms with Crippen LogP contribution in [0.3, 0.4) is 0 Å². The predicted molar refractivity (Wildman–Crippen MR) is 114 cm³/mol. The number of aryl methyl sites for hydroxylation is 1. The smallest absolute Gasteiger partial charge is 0.355 e. The van der Waals surface area contributed by atoms with E-state index < -0.39 is 12.1 Å². The highest BCUT2D eigenvalue weighted by molar-refractivity contribution is 5.96. The Hall–Kier alpha value is -2.60. The molecule has 0 bridgehead atoms. The number of hydrogen-bond donors (Lipinski definition) is 3. The molecule has 0 aliphatic rings. The number of para-hydroxylation sites is 1. The molecule has 3 N–H and O–H groups in total. The van der Waals surface area contributed by atoms with Crippen molar-refractivity contribution >= 4 is 17.6 Å². The van der Waals surface area contributed by atoms with Crippen LogP contribution < -0.4 is 5.32 Å². The Morgan fingerprint density at radius 2 is 1.62 bits per heavy atom. The van der Waals surface area contributed by atoms with Crippen LogP contribution in [0.4, 0.5) is 5.69 Å². The van der Waals surface area contributed by atoms with Crippen LogP contribution in [0.15, 0.2) is 18.2 Å². The van der Waals surface area contributed by atoms with Gasteiger partial charge in [-0.25, -0.2) is 4.79 Å². The molecule has 6 nitrogen and oxygen atoms in total. The fourth-order valence-electron chi connectivity index (χ4n) is 3.67. The van der Waals surface area contributed by atoms with Gasteiger partial charge in [0.05, 0.1) is 6.10 Å². The lowest BCUT2D eigenvalue weighted by Crippen LogP contribution is -2.23. The topological polar surface area (TPSA) is 91.4 Å². The first-order chi connectivity index (χ1) is 13.5. The SMILES string of the molecule is Cc1[nH]c(C(=O)OCC(=O)Nc2c(C(C)C)cccc2C(C)C)c(C)c1[C@H](C)O. The zero-order valence-corrected chi connectivity index (χ0v) is 18.3. The minimum absolute atomic E-state index is 0.245. The summed E-state index contributed by atoms with van der Waals surface area (Å²) in [5.41, 5.74) is 5.17. The van der Waals surface area contributed by atoms with Gasteiger partial charge in [-0.15, -0.1) is 0 Å². The van der Waals surface area contributed by atoms with E-state index in [1.165, 1.54) is 0 Å². The van der Waals surface area contributed by atoms with E-state index in [2.05, 4.69) is 38.0 Å². The average molecular weight is 401 g/mol. The van der Waals surface area contributed by atoms with Gasteiger partial charge in [0.25, 0.3) is 5.91 Å². The second-order valence-electron chi connectivity index (χ2n) is 8.08. The molecule has 0 fully saturated rings. The third-order valence-corrected chi connectivity index (χ3v) is 5.09. The zero-order chi connectivity index (χ0) is 21.9. The molecule has 0 unspecified atom stereocenters. The number of aliphatic hydroxyl groups excluding tert-OH is 1. The van der Waals surface area contributed by atoms with Crippen LogP contribution >= 0.6 is 0 Å². The summed E-state index contributed by atoms with van der Waals surface area (Å²) in [4.78, 5) is 27.9. The van der Waals surface area contributed by atoms with Gasteiger partial charge in [-0.3, -0.25) is 4.79 Å². The van der Waals surface area contributed by atoms with E-state index in [9.17, 15) is 14.7 Å². The molecule has 0 saturated heterocycles. The van der Waals surface area contributed by atoms with Crippen LogP contribution in [0.5, 0.6) is 0 Å². The van der Waals surface area contributed by atoms with Gasteiger partial charge in [0, 0.05) is 16.9 Å². The molecule has 6 heteroatoms. The van der Waals surface area contributed by atoms with Crippen LogP contribution in [0.2, 0.25) is 0 Å². The number of amides is 1. The number of H-pyrrole nitrogens is 1. The van der Waals surface area contributed by atoms with E-state index in [0.29, 0.717) is 16.8 Å². The normalized spacial score (nSPS) is 12.3. The Balaban J connectivity index is 2.14. The van der Waals surface area contributed by atoms with Crippen molar-refractivity contribution < 1.29 is 19.4 Å². The van der Waals surface area contributed by atoms with Crippen molar-refractivity contribution in [3.63, 3.8) is 0 Å². The lowest BCUT2D eigenvalue weighted by atomic mass is 9.92. The predicted octanol–water partition coefficient (Wildman–Crippen LogP) is 4.73. The molecule has 0 saturated carbocycles. The molecular weight excluding hydrogens is 368 g/mol. The monoisotopic (exact) mass is 400 g/mol. The molecule has 2 aromatic rings. The van der Waals surface area contributed by atoms with E-state index in [4.69, 9.17) is 4.74 Å². The summed E-state index contributed by atoms with van der Waals surface area (Å²) in [5.74, 6) is -0.510. The van der Waals surface area contributed by atoms with E-state index >= 15 is 0 Å². The molecule has 0 radical (unpaired) electrons. The van der Waals surface area contributed by atoms with Crippen LogP contribution in [0.25, 0.3) is 0 Å². The summed E-state index contributed by atoms with van der Waals surface area (Å²) in [6.07, 6.45) is -0.696. The lowest BCUT2D eigenvalue weighted by Gasteiger charge is -2.20. The Morgan fingerprint density at radius 1 is 1.07 bits per heavy atom. The van der Waals surface area contributed by atoms with Gasteiger partial charge in [-0.2, -0.15) is 0 Å². The van der Waals surface area contributed by atoms with Crippen LogP contribution in [0, 0.1) is 13.8 Å². The number of nitrogens with one attached hydrogen (secondary N) is 2. The summed E-state index contributed by atoms with van der Waals surface area (Å²) in [7, 11) is 0. The van der Waals surface area contributed by atoms with Crippen molar-refractivity contribution in [3.05, 3.63) is 51.8 Å². The summed E-state index contributed by atoms with van der Waals surface area (Å²) in [5, 5.41) is 12.8. The maximum absolute atomic E-state index is 12.5. The molecule has 2 rings (SSSR count). The molecule has 1 aromatic carbocycles. The number of hydrogen-bond acceptors (Lipinski definition) is 4. The number of esters is 1. The quantitative estimate of drug-likeness (QED) is 0.586. The van der Waals surface area contributed by atoms with Crippen LogP contribution in [-0.2, 0) is 9.53 Å². The van der Waals surface area contributed by atoms with Crippen molar-refractivity contribution in [2.45, 2.75) is 66.4 Å². The van der Waals surface area contributed by atoms with Crippen LogP contribution in [0.1, 0.15) is 91.0 Å². The highest BCUT2D eigenvalue weighted by atomic mass is 16.5. The van der Waals surface area contributed by atoms with E-state index in [1.807, 2.05) is 18.2 Å². The highest BCUT2D eigenvalue weighted by Gasteiger charge is 2.22. The third-order valence-electron chi connectivity index (χ3n) is 5.09. The van der Waals surface area contributed by atoms with Crippen molar-refractivity contribution in [2.24, 2.45) is 0 Å². The number of aromatic amines is 1. The Labute approximate surface area is 172 Å². The van der Waals surface area contributed by atoms with Gasteiger partial charge in [0.1, 0.15) is 5.69 Å². The van der Waals surface area contributed by atoms with Crippen molar-refractivity contribution in [3.8, 4) is 0 Å². The molecule has 29 heavy (non-hydrogen) atoms. The Bertz CT molecular complexity index is 868. The number of carbonyl (C=O) groups is 2. The Morgan fingerprint density at radius 3 is 2.07 bits per heavy atom. The van der Waals surface area contributed by atoms with E-state index in [1.54, 1.807) is 20.8 Å². The number of rotatable bonds is 7. The molecule has 158 valence electrons. The molecule has 1 amide bonds. The molecule has 1 aromatic heterocycles. The fourth-order valence-corrected chi connectivity index (χ4v) is 3.67.